The monoisotopic (exact) mass is 333 g/mol. The van der Waals surface area contributed by atoms with Crippen LogP contribution in [0.25, 0.3) is 0 Å². The molecule has 1 N–H and O–H groups in total. The van der Waals surface area contributed by atoms with Gasteiger partial charge in [0.25, 0.3) is 5.91 Å². The number of anilines is 1. The van der Waals surface area contributed by atoms with Crippen molar-refractivity contribution in [3.63, 3.8) is 0 Å². The molecule has 1 aromatic heterocycles. The van der Waals surface area contributed by atoms with E-state index in [0.717, 1.165) is 0 Å². The van der Waals surface area contributed by atoms with E-state index in [1.807, 2.05) is 0 Å². The van der Waals surface area contributed by atoms with Crippen LogP contribution in [0.2, 0.25) is 0 Å². The van der Waals surface area contributed by atoms with Crippen molar-refractivity contribution in [2.75, 3.05) is 5.32 Å². The van der Waals surface area contributed by atoms with E-state index in [-0.39, 0.29) is 12.5 Å². The van der Waals surface area contributed by atoms with Crippen molar-refractivity contribution in [2.45, 2.75) is 13.5 Å². The van der Waals surface area contributed by atoms with Gasteiger partial charge in [-0.25, -0.2) is 0 Å². The van der Waals surface area contributed by atoms with E-state index >= 15 is 0 Å². The van der Waals surface area contributed by atoms with E-state index in [2.05, 4.69) is 21.4 Å². The molecule has 6 heteroatoms. The topological polar surface area (TPSA) is 77.2 Å². The average molecular weight is 333 g/mol. The van der Waals surface area contributed by atoms with Crippen LogP contribution in [0.15, 0.2) is 53.1 Å². The van der Waals surface area contributed by atoms with Gasteiger partial charge in [0, 0.05) is 18.2 Å². The standard InChI is InChI=1S/C19H15N3O3/c1-3-14-7-6-8-15(11-14)21-19(23)16-9-4-5-10-17(16)24-12-18-20-13(2)25-22-18/h1,4-11H,12H2,2H3,(H,21,23). The van der Waals surface area contributed by atoms with Gasteiger partial charge in [-0.1, -0.05) is 29.3 Å². The van der Waals surface area contributed by atoms with E-state index in [1.54, 1.807) is 55.5 Å². The molecule has 2 aromatic carbocycles. The number of terminal acetylenes is 1. The average Bonchev–Trinajstić information content (AvgIpc) is 3.05. The second kappa shape index (κ2) is 7.32. The predicted molar refractivity (Wildman–Crippen MR) is 92.1 cm³/mol. The number of aromatic nitrogens is 2. The third-order valence-electron chi connectivity index (χ3n) is 3.35. The number of benzene rings is 2. The van der Waals surface area contributed by atoms with Crippen LogP contribution in [0.5, 0.6) is 5.75 Å². The lowest BCUT2D eigenvalue weighted by molar-refractivity contribution is 0.102. The summed E-state index contributed by atoms with van der Waals surface area (Å²) in [4.78, 5) is 16.6. The van der Waals surface area contributed by atoms with Gasteiger partial charge in [-0.2, -0.15) is 4.98 Å². The molecule has 0 aliphatic rings. The van der Waals surface area contributed by atoms with E-state index in [1.165, 1.54) is 0 Å². The summed E-state index contributed by atoms with van der Waals surface area (Å²) in [6.07, 6.45) is 5.38. The zero-order valence-electron chi connectivity index (χ0n) is 13.5. The summed E-state index contributed by atoms with van der Waals surface area (Å²) in [5.41, 5.74) is 1.70. The van der Waals surface area contributed by atoms with Crippen LogP contribution >= 0.6 is 0 Å². The Bertz CT molecular complexity index is 941. The highest BCUT2D eigenvalue weighted by Gasteiger charge is 2.13. The van der Waals surface area contributed by atoms with E-state index < -0.39 is 0 Å². The first-order valence-corrected chi connectivity index (χ1v) is 7.55. The summed E-state index contributed by atoms with van der Waals surface area (Å²) < 4.78 is 10.6. The molecule has 3 rings (SSSR count). The van der Waals surface area contributed by atoms with E-state index in [0.29, 0.717) is 34.3 Å². The fourth-order valence-corrected chi connectivity index (χ4v) is 2.21. The van der Waals surface area contributed by atoms with Gasteiger partial charge in [0.1, 0.15) is 5.75 Å². The molecule has 0 fully saturated rings. The number of para-hydroxylation sites is 1. The Morgan fingerprint density at radius 2 is 2.12 bits per heavy atom. The second-order valence-corrected chi connectivity index (χ2v) is 5.19. The molecule has 1 amide bonds. The molecule has 1 heterocycles. The van der Waals surface area contributed by atoms with Crippen LogP contribution in [0.1, 0.15) is 27.6 Å². The molecular formula is C19H15N3O3. The fraction of sp³-hybridized carbons (Fsp3) is 0.105. The van der Waals surface area contributed by atoms with Crippen molar-refractivity contribution < 1.29 is 14.1 Å². The summed E-state index contributed by atoms with van der Waals surface area (Å²) in [6.45, 7) is 1.80. The normalized spacial score (nSPS) is 10.1. The van der Waals surface area contributed by atoms with Crippen LogP contribution in [-0.2, 0) is 6.61 Å². The Morgan fingerprint density at radius 3 is 2.88 bits per heavy atom. The number of nitrogens with one attached hydrogen (secondary N) is 1. The SMILES string of the molecule is C#Cc1cccc(NC(=O)c2ccccc2OCc2noc(C)n2)c1. The Kier molecular flexibility index (Phi) is 4.77. The molecule has 0 bridgehead atoms. The lowest BCUT2D eigenvalue weighted by Crippen LogP contribution is -2.14. The zero-order chi connectivity index (χ0) is 17.6. The summed E-state index contributed by atoms with van der Waals surface area (Å²) in [5.74, 6) is 3.53. The smallest absolute Gasteiger partial charge is 0.259 e. The van der Waals surface area contributed by atoms with E-state index in [4.69, 9.17) is 15.7 Å². The van der Waals surface area contributed by atoms with Crippen LogP contribution in [0, 0.1) is 19.3 Å². The highest BCUT2D eigenvalue weighted by molar-refractivity contribution is 6.06. The lowest BCUT2D eigenvalue weighted by atomic mass is 10.1. The van der Waals surface area contributed by atoms with Gasteiger partial charge >= 0.3 is 0 Å². The minimum absolute atomic E-state index is 0.105. The first-order chi connectivity index (χ1) is 12.2. The quantitative estimate of drug-likeness (QED) is 0.726. The number of hydrogen-bond donors (Lipinski definition) is 1. The third kappa shape index (κ3) is 4.03. The first-order valence-electron chi connectivity index (χ1n) is 7.55. The molecular weight excluding hydrogens is 318 g/mol. The summed E-state index contributed by atoms with van der Waals surface area (Å²) in [7, 11) is 0. The molecule has 6 nitrogen and oxygen atoms in total. The van der Waals surface area contributed by atoms with Crippen LogP contribution < -0.4 is 10.1 Å². The number of ether oxygens (including phenoxy) is 1. The van der Waals surface area contributed by atoms with Crippen molar-refractivity contribution in [2.24, 2.45) is 0 Å². The number of hydrogen-bond acceptors (Lipinski definition) is 5. The Hall–Kier alpha value is -3.59. The van der Waals surface area contributed by atoms with Gasteiger partial charge < -0.3 is 14.6 Å². The van der Waals surface area contributed by atoms with Gasteiger partial charge in [-0.05, 0) is 30.3 Å². The van der Waals surface area contributed by atoms with Gasteiger partial charge in [0.05, 0.1) is 5.56 Å². The molecule has 0 radical (unpaired) electrons. The maximum Gasteiger partial charge on any atom is 0.259 e. The minimum Gasteiger partial charge on any atom is -0.485 e. The fourth-order valence-electron chi connectivity index (χ4n) is 2.21. The van der Waals surface area contributed by atoms with Gasteiger partial charge in [0.15, 0.2) is 6.61 Å². The number of amides is 1. The van der Waals surface area contributed by atoms with Crippen molar-refractivity contribution in [3.05, 3.63) is 71.4 Å². The van der Waals surface area contributed by atoms with Crippen molar-refractivity contribution >= 4 is 11.6 Å². The molecule has 25 heavy (non-hydrogen) atoms. The maximum absolute atomic E-state index is 12.6. The Morgan fingerprint density at radius 1 is 1.28 bits per heavy atom. The summed E-state index contributed by atoms with van der Waals surface area (Å²) >= 11 is 0. The third-order valence-corrected chi connectivity index (χ3v) is 3.35. The second-order valence-electron chi connectivity index (χ2n) is 5.19. The Balaban J connectivity index is 1.75. The highest BCUT2D eigenvalue weighted by atomic mass is 16.5. The number of nitrogens with zero attached hydrogens (tertiary/aromatic N) is 2. The van der Waals surface area contributed by atoms with Crippen molar-refractivity contribution in [3.8, 4) is 18.1 Å². The van der Waals surface area contributed by atoms with Crippen LogP contribution in [0.4, 0.5) is 5.69 Å². The largest absolute Gasteiger partial charge is 0.485 e. The predicted octanol–water partition coefficient (Wildman–Crippen LogP) is 3.19. The number of rotatable bonds is 5. The highest BCUT2D eigenvalue weighted by Crippen LogP contribution is 2.21. The molecule has 0 atom stereocenters. The number of carbonyl (C=O) groups is 1. The molecule has 0 aliphatic heterocycles. The minimum atomic E-state index is -0.297. The number of aryl methyl sites for hydroxylation is 1. The van der Waals surface area contributed by atoms with Crippen LogP contribution in [-0.4, -0.2) is 16.0 Å². The van der Waals surface area contributed by atoms with E-state index in [9.17, 15) is 4.79 Å². The molecule has 0 aliphatic carbocycles. The van der Waals surface area contributed by atoms with Gasteiger partial charge in [-0.3, -0.25) is 4.79 Å². The maximum atomic E-state index is 12.6. The molecule has 3 aromatic rings. The summed E-state index contributed by atoms with van der Waals surface area (Å²) in [6, 6.07) is 14.0. The van der Waals surface area contributed by atoms with Crippen LogP contribution in [0.3, 0.4) is 0 Å². The number of carbonyl (C=O) groups excluding carboxylic acids is 1. The van der Waals surface area contributed by atoms with Gasteiger partial charge in [0.2, 0.25) is 11.7 Å². The van der Waals surface area contributed by atoms with Crippen molar-refractivity contribution in [1.82, 2.24) is 10.1 Å². The molecule has 0 spiro atoms. The lowest BCUT2D eigenvalue weighted by Gasteiger charge is -2.11. The van der Waals surface area contributed by atoms with Gasteiger partial charge in [-0.15, -0.1) is 6.42 Å². The molecule has 0 unspecified atom stereocenters. The molecule has 0 saturated heterocycles. The Labute approximate surface area is 144 Å². The molecule has 0 saturated carbocycles. The first kappa shape index (κ1) is 16.3. The van der Waals surface area contributed by atoms with Crippen molar-refractivity contribution in [1.29, 1.82) is 0 Å². The zero-order valence-corrected chi connectivity index (χ0v) is 13.5. The molecule has 124 valence electrons. The summed E-state index contributed by atoms with van der Waals surface area (Å²) in [5, 5.41) is 6.57.